The highest BCUT2D eigenvalue weighted by Crippen LogP contribution is 2.38. The first-order chi connectivity index (χ1) is 8.08. The SMILES string of the molecule is O=C(O)[C@H]1C[C@H]1C(=O)NCC1CCC(O)CC1. The molecule has 17 heavy (non-hydrogen) atoms. The molecular formula is C12H19NO4. The number of carbonyl (C=O) groups excluding carboxylic acids is 1. The third kappa shape index (κ3) is 3.19. The lowest BCUT2D eigenvalue weighted by atomic mass is 9.87. The fourth-order valence-corrected chi connectivity index (χ4v) is 2.48. The van der Waals surface area contributed by atoms with Crippen LogP contribution < -0.4 is 5.32 Å². The number of rotatable bonds is 4. The monoisotopic (exact) mass is 241 g/mol. The van der Waals surface area contributed by atoms with E-state index < -0.39 is 11.9 Å². The van der Waals surface area contributed by atoms with Gasteiger partial charge in [0.2, 0.25) is 5.91 Å². The molecule has 0 aromatic rings. The number of nitrogens with one attached hydrogen (secondary N) is 1. The van der Waals surface area contributed by atoms with E-state index in [1.807, 2.05) is 0 Å². The second kappa shape index (κ2) is 5.04. The number of aliphatic hydroxyl groups excluding tert-OH is 1. The second-order valence-corrected chi connectivity index (χ2v) is 5.21. The molecule has 0 spiro atoms. The van der Waals surface area contributed by atoms with Gasteiger partial charge in [-0.2, -0.15) is 0 Å². The quantitative estimate of drug-likeness (QED) is 0.664. The van der Waals surface area contributed by atoms with Crippen molar-refractivity contribution in [1.29, 1.82) is 0 Å². The van der Waals surface area contributed by atoms with E-state index in [2.05, 4.69) is 5.32 Å². The van der Waals surface area contributed by atoms with Crippen LogP contribution in [-0.4, -0.2) is 34.7 Å². The Hall–Kier alpha value is -1.10. The summed E-state index contributed by atoms with van der Waals surface area (Å²) in [5, 5.41) is 20.9. The fraction of sp³-hybridized carbons (Fsp3) is 0.833. The van der Waals surface area contributed by atoms with E-state index in [1.165, 1.54) is 0 Å². The summed E-state index contributed by atoms with van der Waals surface area (Å²) in [5.74, 6) is -1.34. The summed E-state index contributed by atoms with van der Waals surface area (Å²) in [6.07, 6.45) is 3.79. The van der Waals surface area contributed by atoms with Crippen molar-refractivity contribution in [2.75, 3.05) is 6.54 Å². The highest BCUT2D eigenvalue weighted by Gasteiger charge is 2.48. The minimum absolute atomic E-state index is 0.122. The maximum absolute atomic E-state index is 11.6. The zero-order valence-electron chi connectivity index (χ0n) is 9.76. The molecule has 2 saturated carbocycles. The molecule has 3 N–H and O–H groups in total. The predicted molar refractivity (Wildman–Crippen MR) is 60.2 cm³/mol. The summed E-state index contributed by atoms with van der Waals surface area (Å²) in [4.78, 5) is 22.2. The van der Waals surface area contributed by atoms with Gasteiger partial charge in [-0.15, -0.1) is 0 Å². The molecule has 0 radical (unpaired) electrons. The van der Waals surface area contributed by atoms with E-state index in [0.717, 1.165) is 25.7 Å². The Labute approximate surface area is 100 Å². The van der Waals surface area contributed by atoms with Crippen LogP contribution in [0.4, 0.5) is 0 Å². The Morgan fingerprint density at radius 3 is 2.29 bits per heavy atom. The smallest absolute Gasteiger partial charge is 0.307 e. The van der Waals surface area contributed by atoms with E-state index in [0.29, 0.717) is 18.9 Å². The molecule has 0 heterocycles. The minimum atomic E-state index is -0.870. The molecule has 96 valence electrons. The van der Waals surface area contributed by atoms with Gasteiger partial charge < -0.3 is 15.5 Å². The number of aliphatic hydroxyl groups is 1. The van der Waals surface area contributed by atoms with E-state index in [-0.39, 0.29) is 17.9 Å². The molecule has 0 unspecified atom stereocenters. The van der Waals surface area contributed by atoms with Crippen molar-refractivity contribution in [1.82, 2.24) is 5.32 Å². The summed E-state index contributed by atoms with van der Waals surface area (Å²) < 4.78 is 0. The molecule has 0 aromatic heterocycles. The first-order valence-corrected chi connectivity index (χ1v) is 6.26. The van der Waals surface area contributed by atoms with E-state index in [9.17, 15) is 14.7 Å². The maximum Gasteiger partial charge on any atom is 0.307 e. The number of hydrogen-bond acceptors (Lipinski definition) is 3. The largest absolute Gasteiger partial charge is 0.481 e. The lowest BCUT2D eigenvalue weighted by Crippen LogP contribution is -2.33. The van der Waals surface area contributed by atoms with Gasteiger partial charge in [0.05, 0.1) is 17.9 Å². The molecule has 0 bridgehead atoms. The van der Waals surface area contributed by atoms with Crippen molar-refractivity contribution < 1.29 is 19.8 Å². The topological polar surface area (TPSA) is 86.6 Å². The van der Waals surface area contributed by atoms with Crippen LogP contribution in [0.25, 0.3) is 0 Å². The van der Waals surface area contributed by atoms with E-state index in [4.69, 9.17) is 5.11 Å². The van der Waals surface area contributed by atoms with Gasteiger partial charge in [-0.05, 0) is 38.0 Å². The first-order valence-electron chi connectivity index (χ1n) is 6.26. The molecule has 1 amide bonds. The number of carbonyl (C=O) groups is 2. The highest BCUT2D eigenvalue weighted by atomic mass is 16.4. The van der Waals surface area contributed by atoms with Crippen molar-refractivity contribution in [2.45, 2.75) is 38.2 Å². The van der Waals surface area contributed by atoms with Crippen molar-refractivity contribution in [2.24, 2.45) is 17.8 Å². The third-order valence-electron chi connectivity index (χ3n) is 3.83. The molecule has 2 fully saturated rings. The normalized spacial score (nSPS) is 36.3. The number of amides is 1. The standard InChI is InChI=1S/C12H19NO4/c14-8-3-1-7(2-4-8)6-13-11(15)9-5-10(9)12(16)17/h7-10,14H,1-6H2,(H,13,15)(H,16,17)/t7?,8?,9-,10+/m1/s1. The molecular weight excluding hydrogens is 222 g/mol. The molecule has 2 aliphatic carbocycles. The summed E-state index contributed by atoms with van der Waals surface area (Å²) in [5.41, 5.74) is 0. The van der Waals surface area contributed by atoms with Gasteiger partial charge in [-0.3, -0.25) is 9.59 Å². The highest BCUT2D eigenvalue weighted by molar-refractivity contribution is 5.89. The average Bonchev–Trinajstić information content (AvgIpc) is 3.08. The molecule has 2 atom stereocenters. The van der Waals surface area contributed by atoms with Crippen LogP contribution in [0, 0.1) is 17.8 Å². The number of hydrogen-bond donors (Lipinski definition) is 3. The van der Waals surface area contributed by atoms with Crippen LogP contribution >= 0.6 is 0 Å². The molecule has 0 aliphatic heterocycles. The number of aliphatic carboxylic acids is 1. The molecule has 2 rings (SSSR count). The molecule has 5 heteroatoms. The minimum Gasteiger partial charge on any atom is -0.481 e. The van der Waals surface area contributed by atoms with Gasteiger partial charge in [0.25, 0.3) is 0 Å². The number of carboxylic acids is 1. The molecule has 0 aromatic carbocycles. The van der Waals surface area contributed by atoms with Gasteiger partial charge in [0, 0.05) is 6.54 Å². The fourth-order valence-electron chi connectivity index (χ4n) is 2.48. The zero-order chi connectivity index (χ0) is 12.4. The van der Waals surface area contributed by atoms with Crippen molar-refractivity contribution in [3.63, 3.8) is 0 Å². The predicted octanol–water partition coefficient (Wildman–Crippen LogP) is 0.374. The Bertz CT molecular complexity index is 310. The van der Waals surface area contributed by atoms with Crippen molar-refractivity contribution in [3.8, 4) is 0 Å². The van der Waals surface area contributed by atoms with Gasteiger partial charge in [-0.1, -0.05) is 0 Å². The summed E-state index contributed by atoms with van der Waals surface area (Å²) in [7, 11) is 0. The molecule has 0 saturated heterocycles. The maximum atomic E-state index is 11.6. The summed E-state index contributed by atoms with van der Waals surface area (Å²) in [6, 6.07) is 0. The van der Waals surface area contributed by atoms with Crippen LogP contribution in [0.5, 0.6) is 0 Å². The second-order valence-electron chi connectivity index (χ2n) is 5.21. The van der Waals surface area contributed by atoms with Gasteiger partial charge in [-0.25, -0.2) is 0 Å². The van der Waals surface area contributed by atoms with E-state index in [1.54, 1.807) is 0 Å². The van der Waals surface area contributed by atoms with Crippen LogP contribution in [0.2, 0.25) is 0 Å². The van der Waals surface area contributed by atoms with Crippen molar-refractivity contribution in [3.05, 3.63) is 0 Å². The lowest BCUT2D eigenvalue weighted by molar-refractivity contribution is -0.140. The Kier molecular flexibility index (Phi) is 3.66. The summed E-state index contributed by atoms with van der Waals surface area (Å²) in [6.45, 7) is 0.619. The number of carboxylic acid groups (broad SMARTS) is 1. The van der Waals surface area contributed by atoms with Crippen LogP contribution in [0.15, 0.2) is 0 Å². The average molecular weight is 241 g/mol. The third-order valence-corrected chi connectivity index (χ3v) is 3.83. The Morgan fingerprint density at radius 1 is 1.12 bits per heavy atom. The Morgan fingerprint density at radius 2 is 1.76 bits per heavy atom. The van der Waals surface area contributed by atoms with Gasteiger partial charge >= 0.3 is 5.97 Å². The molecule has 5 nitrogen and oxygen atoms in total. The molecule has 2 aliphatic rings. The summed E-state index contributed by atoms with van der Waals surface area (Å²) >= 11 is 0. The van der Waals surface area contributed by atoms with Crippen LogP contribution in [-0.2, 0) is 9.59 Å². The van der Waals surface area contributed by atoms with Crippen LogP contribution in [0.3, 0.4) is 0 Å². The lowest BCUT2D eigenvalue weighted by Gasteiger charge is -2.25. The van der Waals surface area contributed by atoms with Gasteiger partial charge in [0.15, 0.2) is 0 Å². The van der Waals surface area contributed by atoms with Crippen LogP contribution in [0.1, 0.15) is 32.1 Å². The van der Waals surface area contributed by atoms with Gasteiger partial charge in [0.1, 0.15) is 0 Å². The van der Waals surface area contributed by atoms with Crippen molar-refractivity contribution >= 4 is 11.9 Å². The first kappa shape index (κ1) is 12.4. The van der Waals surface area contributed by atoms with E-state index >= 15 is 0 Å². The Balaban J connectivity index is 1.66. The zero-order valence-corrected chi connectivity index (χ0v) is 9.76.